The van der Waals surface area contributed by atoms with E-state index in [0.717, 1.165) is 71.6 Å². The third-order valence-corrected chi connectivity index (χ3v) is 8.91. The van der Waals surface area contributed by atoms with E-state index < -0.39 is 0 Å². The molecule has 3 aromatic rings. The molecule has 7 heteroatoms. The summed E-state index contributed by atoms with van der Waals surface area (Å²) < 4.78 is 7.53. The number of carbonyl (C=O) groups excluding carboxylic acids is 1. The summed E-state index contributed by atoms with van der Waals surface area (Å²) in [5.74, 6) is 1.38. The molecule has 32 heavy (non-hydrogen) atoms. The minimum absolute atomic E-state index is 0.0328. The summed E-state index contributed by atoms with van der Waals surface area (Å²) in [6.07, 6.45) is 8.82. The molecule has 168 valence electrons. The number of aryl methyl sites for hydroxylation is 2. The van der Waals surface area contributed by atoms with Gasteiger partial charge < -0.3 is 4.74 Å². The van der Waals surface area contributed by atoms with Gasteiger partial charge in [0.15, 0.2) is 10.9 Å². The minimum atomic E-state index is 0.0328. The molecule has 0 atom stereocenters. The summed E-state index contributed by atoms with van der Waals surface area (Å²) in [7, 11) is 1.64. The molecule has 1 fully saturated rings. The predicted molar refractivity (Wildman–Crippen MR) is 131 cm³/mol. The first kappa shape index (κ1) is 21.7. The number of fused-ring (bicyclic) bond motifs is 3. The molecule has 2 heterocycles. The maximum absolute atomic E-state index is 13.8. The van der Waals surface area contributed by atoms with Gasteiger partial charge in [-0.2, -0.15) is 0 Å². The highest BCUT2D eigenvalue weighted by atomic mass is 32.2. The van der Waals surface area contributed by atoms with E-state index in [0.29, 0.717) is 11.3 Å². The van der Waals surface area contributed by atoms with Crippen LogP contribution in [0, 0.1) is 0 Å². The number of benzene rings is 1. The molecular formula is C25H28N2O3S2. The lowest BCUT2D eigenvalue weighted by Gasteiger charge is -2.19. The van der Waals surface area contributed by atoms with Gasteiger partial charge in [-0.1, -0.05) is 24.6 Å². The molecule has 1 aromatic carbocycles. The second kappa shape index (κ2) is 9.02. The van der Waals surface area contributed by atoms with Crippen LogP contribution in [0.25, 0.3) is 10.2 Å². The molecule has 5 rings (SSSR count). The molecule has 2 aromatic heterocycles. The fourth-order valence-corrected chi connectivity index (χ4v) is 7.38. The normalized spacial score (nSPS) is 16.4. The number of thiophene rings is 1. The third kappa shape index (κ3) is 3.90. The lowest BCUT2D eigenvalue weighted by Crippen LogP contribution is -2.26. The predicted octanol–water partition coefficient (Wildman–Crippen LogP) is 5.96. The first-order chi connectivity index (χ1) is 15.6. The van der Waals surface area contributed by atoms with Crippen LogP contribution in [-0.2, 0) is 18.6 Å². The van der Waals surface area contributed by atoms with E-state index in [9.17, 15) is 9.59 Å². The molecule has 0 saturated heterocycles. The Morgan fingerprint density at radius 1 is 1.22 bits per heavy atom. The molecule has 0 bridgehead atoms. The van der Waals surface area contributed by atoms with Crippen LogP contribution in [0.1, 0.15) is 77.9 Å². The van der Waals surface area contributed by atoms with Crippen LogP contribution in [0.3, 0.4) is 0 Å². The number of methoxy groups -OCH3 is 1. The van der Waals surface area contributed by atoms with E-state index in [1.54, 1.807) is 43.2 Å². The summed E-state index contributed by atoms with van der Waals surface area (Å²) in [5.41, 5.74) is 3.02. The maximum Gasteiger partial charge on any atom is 0.263 e. The SMILES string of the molecule is COc1ccc(C(C)=O)cc1CSc1nc2sc3c(c2c(=O)n1C1CCCC1)CCCC3. The van der Waals surface area contributed by atoms with Crippen molar-refractivity contribution < 1.29 is 9.53 Å². The van der Waals surface area contributed by atoms with Gasteiger partial charge in [0.05, 0.1) is 12.5 Å². The highest BCUT2D eigenvalue weighted by molar-refractivity contribution is 7.98. The Hall–Kier alpha value is -2.12. The van der Waals surface area contributed by atoms with Gasteiger partial charge >= 0.3 is 0 Å². The number of Topliss-reactive ketones (excluding diaryl/α,β-unsaturated/α-hetero) is 1. The first-order valence-electron chi connectivity index (χ1n) is 11.4. The van der Waals surface area contributed by atoms with Gasteiger partial charge in [0.1, 0.15) is 10.6 Å². The standard InChI is InChI=1S/C25H28N2O3S2/c1-15(28)16-11-12-20(30-2)17(13-16)14-31-25-26-23-22(19-9-5-6-10-21(19)32-23)24(29)27(25)18-7-3-4-8-18/h11-13,18H,3-10,14H2,1-2H3. The van der Waals surface area contributed by atoms with Crippen molar-refractivity contribution in [2.45, 2.75) is 75.2 Å². The van der Waals surface area contributed by atoms with Crippen molar-refractivity contribution >= 4 is 39.1 Å². The molecule has 5 nitrogen and oxygen atoms in total. The van der Waals surface area contributed by atoms with Gasteiger partial charge in [-0.05, 0) is 69.2 Å². The van der Waals surface area contributed by atoms with Gasteiger partial charge in [0, 0.05) is 27.8 Å². The number of thioether (sulfide) groups is 1. The quantitative estimate of drug-likeness (QED) is 0.254. The summed E-state index contributed by atoms with van der Waals surface area (Å²) in [6, 6.07) is 5.77. The second-order valence-electron chi connectivity index (χ2n) is 8.77. The van der Waals surface area contributed by atoms with Crippen molar-refractivity contribution in [3.63, 3.8) is 0 Å². The number of ether oxygens (including phenoxy) is 1. The number of ketones is 1. The van der Waals surface area contributed by atoms with E-state index in [4.69, 9.17) is 9.72 Å². The molecule has 0 amide bonds. The zero-order valence-corrected chi connectivity index (χ0v) is 20.2. The van der Waals surface area contributed by atoms with Gasteiger partial charge in [0.25, 0.3) is 5.56 Å². The largest absolute Gasteiger partial charge is 0.496 e. The van der Waals surface area contributed by atoms with E-state index in [1.165, 1.54) is 16.9 Å². The van der Waals surface area contributed by atoms with Crippen LogP contribution in [-0.4, -0.2) is 22.4 Å². The summed E-state index contributed by atoms with van der Waals surface area (Å²) in [6.45, 7) is 1.57. The van der Waals surface area contributed by atoms with Gasteiger partial charge in [0.2, 0.25) is 0 Å². The maximum atomic E-state index is 13.8. The van der Waals surface area contributed by atoms with Crippen LogP contribution in [0.5, 0.6) is 5.75 Å². The fourth-order valence-electron chi connectivity index (χ4n) is 5.04. The second-order valence-corrected chi connectivity index (χ2v) is 10.8. The number of rotatable bonds is 6. The summed E-state index contributed by atoms with van der Waals surface area (Å²) in [5, 5.41) is 1.67. The third-order valence-electron chi connectivity index (χ3n) is 6.72. The highest BCUT2D eigenvalue weighted by Gasteiger charge is 2.27. The molecule has 0 spiro atoms. The van der Waals surface area contributed by atoms with E-state index in [-0.39, 0.29) is 17.4 Å². The van der Waals surface area contributed by atoms with E-state index in [1.807, 2.05) is 16.7 Å². The van der Waals surface area contributed by atoms with Crippen LogP contribution in [0.15, 0.2) is 28.2 Å². The first-order valence-corrected chi connectivity index (χ1v) is 13.2. The average molecular weight is 469 g/mol. The van der Waals surface area contributed by atoms with Crippen LogP contribution >= 0.6 is 23.1 Å². The van der Waals surface area contributed by atoms with Gasteiger partial charge in [-0.3, -0.25) is 14.2 Å². The number of aromatic nitrogens is 2. The van der Waals surface area contributed by atoms with Crippen molar-refractivity contribution in [3.05, 3.63) is 50.1 Å². The average Bonchev–Trinajstić information content (AvgIpc) is 3.45. The van der Waals surface area contributed by atoms with Crippen molar-refractivity contribution in [2.75, 3.05) is 7.11 Å². The number of hydrogen-bond donors (Lipinski definition) is 0. The molecule has 0 radical (unpaired) electrons. The highest BCUT2D eigenvalue weighted by Crippen LogP contribution is 2.38. The number of nitrogens with zero attached hydrogens (tertiary/aromatic N) is 2. The lowest BCUT2D eigenvalue weighted by atomic mass is 9.97. The minimum Gasteiger partial charge on any atom is -0.496 e. The zero-order valence-electron chi connectivity index (χ0n) is 18.6. The molecule has 0 aliphatic heterocycles. The number of hydrogen-bond acceptors (Lipinski definition) is 6. The topological polar surface area (TPSA) is 61.2 Å². The van der Waals surface area contributed by atoms with Crippen molar-refractivity contribution in [3.8, 4) is 5.75 Å². The lowest BCUT2D eigenvalue weighted by molar-refractivity contribution is 0.101. The molecule has 0 N–H and O–H groups in total. The Bertz CT molecular complexity index is 1240. The number of carbonyl (C=O) groups is 1. The van der Waals surface area contributed by atoms with Crippen LogP contribution < -0.4 is 10.3 Å². The Labute approximate surface area is 196 Å². The Morgan fingerprint density at radius 2 is 2.00 bits per heavy atom. The molecule has 0 unspecified atom stereocenters. The fraction of sp³-hybridized carbons (Fsp3) is 0.480. The van der Waals surface area contributed by atoms with Crippen LogP contribution in [0.2, 0.25) is 0 Å². The van der Waals surface area contributed by atoms with E-state index >= 15 is 0 Å². The Morgan fingerprint density at radius 3 is 2.75 bits per heavy atom. The van der Waals surface area contributed by atoms with Crippen molar-refractivity contribution in [1.29, 1.82) is 0 Å². The Kier molecular flexibility index (Phi) is 6.12. The molecule has 1 saturated carbocycles. The van der Waals surface area contributed by atoms with Crippen molar-refractivity contribution in [2.24, 2.45) is 0 Å². The van der Waals surface area contributed by atoms with Gasteiger partial charge in [-0.15, -0.1) is 11.3 Å². The van der Waals surface area contributed by atoms with Gasteiger partial charge in [-0.25, -0.2) is 4.98 Å². The molecule has 2 aliphatic carbocycles. The monoisotopic (exact) mass is 468 g/mol. The van der Waals surface area contributed by atoms with Crippen LogP contribution in [0.4, 0.5) is 0 Å². The molecule has 2 aliphatic rings. The summed E-state index contributed by atoms with van der Waals surface area (Å²) >= 11 is 3.29. The Balaban J connectivity index is 1.58. The smallest absolute Gasteiger partial charge is 0.263 e. The zero-order chi connectivity index (χ0) is 22.2. The molecular weight excluding hydrogens is 440 g/mol. The summed E-state index contributed by atoms with van der Waals surface area (Å²) in [4.78, 5) is 33.0. The van der Waals surface area contributed by atoms with E-state index in [2.05, 4.69) is 0 Å². The van der Waals surface area contributed by atoms with Crippen molar-refractivity contribution in [1.82, 2.24) is 9.55 Å².